The van der Waals surface area contributed by atoms with Gasteiger partial charge in [0.1, 0.15) is 12.4 Å². The molecule has 200 valence electrons. The zero-order valence-electron chi connectivity index (χ0n) is 20.7. The molecule has 1 heterocycles. The van der Waals surface area contributed by atoms with Crippen molar-refractivity contribution < 1.29 is 14.6 Å². The number of ether oxygens (including phenoxy) is 1. The van der Waals surface area contributed by atoms with Crippen molar-refractivity contribution in [1.29, 1.82) is 0 Å². The summed E-state index contributed by atoms with van der Waals surface area (Å²) < 4.78 is 8.17. The topological polar surface area (TPSA) is 143 Å². The summed E-state index contributed by atoms with van der Waals surface area (Å²) in [6.45, 7) is 3.81. The number of benzene rings is 3. The van der Waals surface area contributed by atoms with Gasteiger partial charge in [-0.1, -0.05) is 45.7 Å². The Morgan fingerprint density at radius 2 is 1.77 bits per heavy atom. The van der Waals surface area contributed by atoms with Gasteiger partial charge in [-0.05, 0) is 48.4 Å². The quantitative estimate of drug-likeness (QED) is 0.110. The molecule has 0 amide bonds. The van der Waals surface area contributed by atoms with E-state index in [-0.39, 0.29) is 40.8 Å². The van der Waals surface area contributed by atoms with Gasteiger partial charge in [0.15, 0.2) is 0 Å². The SMILES string of the molecule is CC[C@H](C)c1nc2ccc(Br)cc2c(=O)n1N=Cc1cc(Br)cc([N+](=O)[O-])c1OCc1ccc([N+](=O)[O-])cc1. The van der Waals surface area contributed by atoms with Crippen molar-refractivity contribution in [3.05, 3.63) is 111 Å². The first-order valence-corrected chi connectivity index (χ1v) is 13.3. The molecule has 0 unspecified atom stereocenters. The average Bonchev–Trinajstić information content (AvgIpc) is 2.91. The van der Waals surface area contributed by atoms with Crippen molar-refractivity contribution in [3.8, 4) is 5.75 Å². The molecule has 1 atom stereocenters. The Bertz CT molecular complexity index is 1670. The minimum absolute atomic E-state index is 0.0695. The van der Waals surface area contributed by atoms with E-state index in [2.05, 4.69) is 41.9 Å². The summed E-state index contributed by atoms with van der Waals surface area (Å²) in [6, 6.07) is 13.8. The number of nitrogens with zero attached hydrogens (tertiary/aromatic N) is 5. The van der Waals surface area contributed by atoms with Gasteiger partial charge in [-0.2, -0.15) is 9.78 Å². The molecular formula is C26H21Br2N5O6. The summed E-state index contributed by atoms with van der Waals surface area (Å²) in [5.41, 5.74) is 0.568. The Morgan fingerprint density at radius 1 is 1.05 bits per heavy atom. The molecule has 0 spiro atoms. The number of halogens is 2. The molecule has 0 bridgehead atoms. The molecule has 0 aliphatic rings. The summed E-state index contributed by atoms with van der Waals surface area (Å²) in [5.74, 6) is 0.281. The van der Waals surface area contributed by atoms with Crippen molar-refractivity contribution in [2.24, 2.45) is 5.10 Å². The second kappa shape index (κ2) is 11.8. The Hall–Kier alpha value is -3.97. The van der Waals surface area contributed by atoms with Crippen LogP contribution in [0.15, 0.2) is 73.4 Å². The molecule has 0 saturated heterocycles. The number of hydrogen-bond donors (Lipinski definition) is 0. The van der Waals surface area contributed by atoms with E-state index in [0.29, 0.717) is 37.7 Å². The van der Waals surface area contributed by atoms with Gasteiger partial charge in [0.2, 0.25) is 5.75 Å². The Morgan fingerprint density at radius 3 is 2.41 bits per heavy atom. The molecule has 13 heteroatoms. The Kier molecular flexibility index (Phi) is 8.51. The third kappa shape index (κ3) is 6.20. The minimum Gasteiger partial charge on any atom is -0.481 e. The maximum Gasteiger partial charge on any atom is 0.312 e. The normalized spacial score (nSPS) is 12.1. The fourth-order valence-corrected chi connectivity index (χ4v) is 4.58. The first kappa shape index (κ1) is 28.0. The molecule has 3 aromatic carbocycles. The zero-order valence-corrected chi connectivity index (χ0v) is 23.9. The summed E-state index contributed by atoms with van der Waals surface area (Å²) in [7, 11) is 0. The van der Waals surface area contributed by atoms with Gasteiger partial charge in [-0.25, -0.2) is 4.98 Å². The third-order valence-electron chi connectivity index (χ3n) is 5.99. The van der Waals surface area contributed by atoms with Gasteiger partial charge in [0.05, 0.1) is 27.0 Å². The van der Waals surface area contributed by atoms with Crippen molar-refractivity contribution in [3.63, 3.8) is 0 Å². The highest BCUT2D eigenvalue weighted by molar-refractivity contribution is 9.10. The molecule has 39 heavy (non-hydrogen) atoms. The lowest BCUT2D eigenvalue weighted by Crippen LogP contribution is -2.23. The van der Waals surface area contributed by atoms with Gasteiger partial charge < -0.3 is 4.74 Å². The van der Waals surface area contributed by atoms with E-state index in [9.17, 15) is 25.0 Å². The number of nitro groups is 2. The molecule has 11 nitrogen and oxygen atoms in total. The summed E-state index contributed by atoms with van der Waals surface area (Å²) >= 11 is 6.67. The number of hydrogen-bond acceptors (Lipinski definition) is 8. The number of non-ortho nitro benzene ring substituents is 1. The first-order chi connectivity index (χ1) is 18.6. The van der Waals surface area contributed by atoms with Crippen LogP contribution in [0.4, 0.5) is 11.4 Å². The highest BCUT2D eigenvalue weighted by Crippen LogP contribution is 2.34. The maximum absolute atomic E-state index is 13.4. The molecule has 0 fully saturated rings. The van der Waals surface area contributed by atoms with Crippen molar-refractivity contribution >= 4 is 60.4 Å². The largest absolute Gasteiger partial charge is 0.481 e. The van der Waals surface area contributed by atoms with Crippen LogP contribution in [0.25, 0.3) is 10.9 Å². The van der Waals surface area contributed by atoms with Crippen molar-refractivity contribution in [1.82, 2.24) is 9.66 Å². The number of fused-ring (bicyclic) bond motifs is 1. The smallest absolute Gasteiger partial charge is 0.312 e. The van der Waals surface area contributed by atoms with Crippen LogP contribution in [0.3, 0.4) is 0 Å². The van der Waals surface area contributed by atoms with Gasteiger partial charge in [0, 0.05) is 38.6 Å². The molecule has 0 radical (unpaired) electrons. The molecule has 1 aromatic heterocycles. The van der Waals surface area contributed by atoms with Gasteiger partial charge in [0.25, 0.3) is 11.2 Å². The van der Waals surface area contributed by atoms with Crippen LogP contribution < -0.4 is 10.3 Å². The third-order valence-corrected chi connectivity index (χ3v) is 6.94. The first-order valence-electron chi connectivity index (χ1n) is 11.7. The standard InChI is InChI=1S/C26H21Br2N5O6/c1-3-15(2)25-30-22-9-6-18(27)11-21(22)26(34)31(25)29-13-17-10-19(28)12-23(33(37)38)24(17)39-14-16-4-7-20(8-5-16)32(35)36/h4-13,15H,3,14H2,1-2H3/t15-/m0/s1. The monoisotopic (exact) mass is 657 g/mol. The lowest BCUT2D eigenvalue weighted by atomic mass is 10.1. The molecule has 0 N–H and O–H groups in total. The average molecular weight is 659 g/mol. The van der Waals surface area contributed by atoms with Crippen LogP contribution in [0, 0.1) is 20.2 Å². The van der Waals surface area contributed by atoms with E-state index in [1.807, 2.05) is 13.8 Å². The number of nitro benzene ring substituents is 2. The Balaban J connectivity index is 1.80. The summed E-state index contributed by atoms with van der Waals surface area (Å²) in [5, 5.41) is 27.6. The van der Waals surface area contributed by atoms with Crippen LogP contribution in [0.1, 0.15) is 43.1 Å². The Labute approximate surface area is 238 Å². The van der Waals surface area contributed by atoms with E-state index >= 15 is 0 Å². The molecule has 4 rings (SSSR count). The predicted molar refractivity (Wildman–Crippen MR) is 154 cm³/mol. The number of aromatic nitrogens is 2. The molecule has 4 aromatic rings. The van der Waals surface area contributed by atoms with Crippen molar-refractivity contribution in [2.45, 2.75) is 32.8 Å². The summed E-state index contributed by atoms with van der Waals surface area (Å²) in [4.78, 5) is 39.8. The molecule has 0 aliphatic carbocycles. The van der Waals surface area contributed by atoms with Crippen LogP contribution in [0.5, 0.6) is 5.75 Å². The lowest BCUT2D eigenvalue weighted by molar-refractivity contribution is -0.386. The van der Waals surface area contributed by atoms with E-state index in [0.717, 1.165) is 0 Å². The molecule has 0 saturated carbocycles. The molecular weight excluding hydrogens is 638 g/mol. The fraction of sp³-hybridized carbons (Fsp3) is 0.192. The highest BCUT2D eigenvalue weighted by atomic mass is 79.9. The predicted octanol–water partition coefficient (Wildman–Crippen LogP) is 6.71. The number of rotatable bonds is 9. The van der Waals surface area contributed by atoms with Crippen LogP contribution in [-0.4, -0.2) is 25.7 Å². The van der Waals surface area contributed by atoms with Crippen LogP contribution in [-0.2, 0) is 6.61 Å². The van der Waals surface area contributed by atoms with Crippen molar-refractivity contribution in [2.75, 3.05) is 0 Å². The van der Waals surface area contributed by atoms with E-state index in [4.69, 9.17) is 4.74 Å². The second-order valence-corrected chi connectivity index (χ2v) is 10.4. The second-order valence-electron chi connectivity index (χ2n) is 8.61. The zero-order chi connectivity index (χ0) is 28.3. The van der Waals surface area contributed by atoms with E-state index in [1.165, 1.54) is 41.2 Å². The van der Waals surface area contributed by atoms with E-state index in [1.54, 1.807) is 24.3 Å². The van der Waals surface area contributed by atoms with Gasteiger partial charge in [-0.15, -0.1) is 0 Å². The highest BCUT2D eigenvalue weighted by Gasteiger charge is 2.22. The fourth-order valence-electron chi connectivity index (χ4n) is 3.76. The van der Waals surface area contributed by atoms with Crippen LogP contribution in [0.2, 0.25) is 0 Å². The summed E-state index contributed by atoms with van der Waals surface area (Å²) in [6.07, 6.45) is 2.03. The lowest BCUT2D eigenvalue weighted by Gasteiger charge is -2.14. The van der Waals surface area contributed by atoms with Crippen LogP contribution >= 0.6 is 31.9 Å². The minimum atomic E-state index is -0.584. The maximum atomic E-state index is 13.4. The molecule has 0 aliphatic heterocycles. The van der Waals surface area contributed by atoms with E-state index < -0.39 is 9.85 Å². The van der Waals surface area contributed by atoms with Gasteiger partial charge in [-0.3, -0.25) is 25.0 Å². The van der Waals surface area contributed by atoms with Gasteiger partial charge >= 0.3 is 5.69 Å².